The molecule has 126 valence electrons. The van der Waals surface area contributed by atoms with Crippen LogP contribution >= 0.6 is 0 Å². The molecule has 0 spiro atoms. The summed E-state index contributed by atoms with van der Waals surface area (Å²) in [6, 6.07) is 6.75. The molecule has 1 aromatic rings. The molecule has 5 nitrogen and oxygen atoms in total. The van der Waals surface area contributed by atoms with E-state index in [-0.39, 0.29) is 23.7 Å². The van der Waals surface area contributed by atoms with Gasteiger partial charge < -0.3 is 14.9 Å². The van der Waals surface area contributed by atoms with E-state index < -0.39 is 18.2 Å². The molecule has 24 heavy (non-hydrogen) atoms. The third kappa shape index (κ3) is 4.46. The van der Waals surface area contributed by atoms with E-state index in [4.69, 9.17) is 10.00 Å². The van der Waals surface area contributed by atoms with Crippen molar-refractivity contribution in [1.29, 1.82) is 5.26 Å². The summed E-state index contributed by atoms with van der Waals surface area (Å²) in [5.41, 5.74) is 0.800. The molecular weight excluding hydrogens is 306 g/mol. The van der Waals surface area contributed by atoms with Gasteiger partial charge in [-0.3, -0.25) is 0 Å². The predicted molar refractivity (Wildman–Crippen MR) is 89.3 cm³/mol. The summed E-state index contributed by atoms with van der Waals surface area (Å²) >= 11 is 0. The molecule has 5 heteroatoms. The van der Waals surface area contributed by atoms with Gasteiger partial charge in [-0.05, 0) is 36.5 Å². The van der Waals surface area contributed by atoms with Crippen molar-refractivity contribution in [2.75, 3.05) is 0 Å². The Morgan fingerprint density at radius 1 is 1.38 bits per heavy atom. The molecule has 0 radical (unpaired) electrons. The van der Waals surface area contributed by atoms with Gasteiger partial charge in [-0.1, -0.05) is 31.2 Å². The first kappa shape index (κ1) is 17.8. The number of aromatic hydroxyl groups is 1. The number of rotatable bonds is 1. The maximum absolute atomic E-state index is 12.5. The SMILES string of the molecule is C[C@@H]1C/C=C\Cc2cccc(O)c2C(=O)O[C@H](/C=C\C#N)C[C@H]1O. The van der Waals surface area contributed by atoms with Gasteiger partial charge in [-0.25, -0.2) is 4.79 Å². The van der Waals surface area contributed by atoms with Crippen LogP contribution in [0.15, 0.2) is 42.5 Å². The van der Waals surface area contributed by atoms with Gasteiger partial charge in [0.2, 0.25) is 0 Å². The highest BCUT2D eigenvalue weighted by Crippen LogP contribution is 2.25. The first-order valence-corrected chi connectivity index (χ1v) is 7.94. The molecule has 3 atom stereocenters. The lowest BCUT2D eigenvalue weighted by molar-refractivity contribution is 0.0191. The Morgan fingerprint density at radius 2 is 2.17 bits per heavy atom. The maximum Gasteiger partial charge on any atom is 0.342 e. The molecule has 1 aromatic carbocycles. The van der Waals surface area contributed by atoms with Crippen molar-refractivity contribution in [1.82, 2.24) is 0 Å². The predicted octanol–water partition coefficient (Wildman–Crippen LogP) is 2.89. The monoisotopic (exact) mass is 327 g/mol. The van der Waals surface area contributed by atoms with Gasteiger partial charge in [0.05, 0.1) is 12.2 Å². The summed E-state index contributed by atoms with van der Waals surface area (Å²) in [5.74, 6) is -0.801. The van der Waals surface area contributed by atoms with Crippen molar-refractivity contribution in [3.63, 3.8) is 0 Å². The van der Waals surface area contributed by atoms with Crippen LogP contribution in [0.5, 0.6) is 5.75 Å². The number of nitrogens with zero attached hydrogens (tertiary/aromatic N) is 1. The molecule has 1 aliphatic rings. The lowest BCUT2D eigenvalue weighted by Crippen LogP contribution is -2.27. The second kappa shape index (κ2) is 8.32. The lowest BCUT2D eigenvalue weighted by atomic mass is 9.94. The normalized spacial score (nSPS) is 26.5. The number of phenols is 1. The maximum atomic E-state index is 12.5. The molecule has 0 saturated carbocycles. The number of hydrogen-bond donors (Lipinski definition) is 2. The topological polar surface area (TPSA) is 90.5 Å². The number of phenolic OH excluding ortho intramolecular Hbond substituents is 1. The average molecular weight is 327 g/mol. The zero-order chi connectivity index (χ0) is 17.5. The van der Waals surface area contributed by atoms with Crippen molar-refractivity contribution < 1.29 is 19.7 Å². The summed E-state index contributed by atoms with van der Waals surface area (Å²) in [5, 5.41) is 29.0. The van der Waals surface area contributed by atoms with Crippen LogP contribution in [0, 0.1) is 17.2 Å². The summed E-state index contributed by atoms with van der Waals surface area (Å²) in [6.45, 7) is 1.92. The number of aliphatic hydroxyl groups is 1. The van der Waals surface area contributed by atoms with E-state index in [2.05, 4.69) is 0 Å². The number of fused-ring (bicyclic) bond motifs is 1. The van der Waals surface area contributed by atoms with Crippen LogP contribution in [0.25, 0.3) is 0 Å². The number of allylic oxidation sites excluding steroid dienone is 3. The molecule has 0 saturated heterocycles. The Kier molecular flexibility index (Phi) is 6.16. The largest absolute Gasteiger partial charge is 0.507 e. The Morgan fingerprint density at radius 3 is 2.92 bits per heavy atom. The Labute approximate surface area is 141 Å². The Hall–Kier alpha value is -2.58. The van der Waals surface area contributed by atoms with Crippen molar-refractivity contribution in [3.8, 4) is 11.8 Å². The third-order valence-electron chi connectivity index (χ3n) is 4.12. The van der Waals surface area contributed by atoms with E-state index in [9.17, 15) is 15.0 Å². The van der Waals surface area contributed by atoms with Crippen LogP contribution in [-0.2, 0) is 11.2 Å². The van der Waals surface area contributed by atoms with Gasteiger partial charge in [0.1, 0.15) is 17.4 Å². The number of aliphatic hydroxyl groups excluding tert-OH is 1. The summed E-state index contributed by atoms with van der Waals surface area (Å²) in [6.07, 6.45) is 6.55. The van der Waals surface area contributed by atoms with Crippen molar-refractivity contribution in [2.45, 2.75) is 38.4 Å². The van der Waals surface area contributed by atoms with E-state index in [0.29, 0.717) is 18.4 Å². The third-order valence-corrected chi connectivity index (χ3v) is 4.12. The zero-order valence-corrected chi connectivity index (χ0v) is 13.6. The quantitative estimate of drug-likeness (QED) is 0.470. The Bertz CT molecular complexity index is 687. The van der Waals surface area contributed by atoms with Crippen LogP contribution in [-0.4, -0.2) is 28.4 Å². The van der Waals surface area contributed by atoms with Gasteiger partial charge >= 0.3 is 5.97 Å². The van der Waals surface area contributed by atoms with Gasteiger partial charge in [0.25, 0.3) is 0 Å². The molecule has 0 fully saturated rings. The van der Waals surface area contributed by atoms with Crippen LogP contribution in [0.3, 0.4) is 0 Å². The minimum atomic E-state index is -0.731. The number of carbonyl (C=O) groups excluding carboxylic acids is 1. The van der Waals surface area contributed by atoms with E-state index in [0.717, 1.165) is 0 Å². The standard InChI is InChI=1S/C19H21NO4/c1-13-6-2-3-7-14-8-4-10-16(21)18(14)19(23)24-15(9-5-11-20)12-17(13)22/h2-5,8-10,13,15,17,21-22H,6-7,12H2,1H3/b3-2-,9-5-/t13-,15-,17-/m1/s1. The number of ether oxygens (including phenoxy) is 1. The zero-order valence-electron chi connectivity index (χ0n) is 13.6. The average Bonchev–Trinajstić information content (AvgIpc) is 2.55. The van der Waals surface area contributed by atoms with Crippen LogP contribution in [0.4, 0.5) is 0 Å². The summed E-state index contributed by atoms with van der Waals surface area (Å²) in [7, 11) is 0. The number of cyclic esters (lactones) is 1. The fourth-order valence-corrected chi connectivity index (χ4v) is 2.65. The molecule has 0 unspecified atom stereocenters. The second-order valence-electron chi connectivity index (χ2n) is 5.93. The highest BCUT2D eigenvalue weighted by Gasteiger charge is 2.24. The minimum absolute atomic E-state index is 0.000936. The van der Waals surface area contributed by atoms with E-state index in [1.54, 1.807) is 12.1 Å². The molecule has 0 amide bonds. The first-order chi connectivity index (χ1) is 11.5. The fraction of sp³-hybridized carbons (Fsp3) is 0.368. The van der Waals surface area contributed by atoms with Crippen molar-refractivity contribution in [2.24, 2.45) is 5.92 Å². The second-order valence-corrected chi connectivity index (χ2v) is 5.93. The highest BCUT2D eigenvalue weighted by molar-refractivity contribution is 5.94. The number of hydrogen-bond acceptors (Lipinski definition) is 5. The van der Waals surface area contributed by atoms with Crippen LogP contribution in [0.1, 0.15) is 35.7 Å². The molecule has 2 rings (SSSR count). The van der Waals surface area contributed by atoms with Gasteiger partial charge in [-0.15, -0.1) is 0 Å². The van der Waals surface area contributed by atoms with Gasteiger partial charge in [0.15, 0.2) is 0 Å². The molecule has 0 aromatic heterocycles. The number of nitriles is 1. The molecule has 1 aliphatic heterocycles. The molecule has 0 bridgehead atoms. The summed E-state index contributed by atoms with van der Waals surface area (Å²) in [4.78, 5) is 12.5. The van der Waals surface area contributed by atoms with Crippen LogP contribution < -0.4 is 0 Å². The minimum Gasteiger partial charge on any atom is -0.507 e. The smallest absolute Gasteiger partial charge is 0.342 e. The molecule has 2 N–H and O–H groups in total. The Balaban J connectivity index is 2.39. The molecule has 1 heterocycles. The fourth-order valence-electron chi connectivity index (χ4n) is 2.65. The summed E-state index contributed by atoms with van der Waals surface area (Å²) < 4.78 is 5.43. The van der Waals surface area contributed by atoms with Crippen LogP contribution in [0.2, 0.25) is 0 Å². The van der Waals surface area contributed by atoms with Gasteiger partial charge in [-0.2, -0.15) is 5.26 Å². The van der Waals surface area contributed by atoms with E-state index in [1.807, 2.05) is 25.1 Å². The number of benzene rings is 1. The van der Waals surface area contributed by atoms with Crippen molar-refractivity contribution in [3.05, 3.63) is 53.6 Å². The highest BCUT2D eigenvalue weighted by atomic mass is 16.5. The molecule has 0 aliphatic carbocycles. The van der Waals surface area contributed by atoms with E-state index in [1.165, 1.54) is 18.2 Å². The van der Waals surface area contributed by atoms with Crippen molar-refractivity contribution >= 4 is 5.97 Å². The number of esters is 1. The van der Waals surface area contributed by atoms with E-state index >= 15 is 0 Å². The number of carbonyl (C=O) groups is 1. The van der Waals surface area contributed by atoms with Gasteiger partial charge in [0, 0.05) is 12.5 Å². The lowest BCUT2D eigenvalue weighted by Gasteiger charge is -2.23. The first-order valence-electron chi connectivity index (χ1n) is 7.94. The molecular formula is C19H21NO4.